The molecule has 1 saturated carbocycles. The molecule has 1 atom stereocenters. The topological polar surface area (TPSA) is 29.3 Å². The fourth-order valence-electron chi connectivity index (χ4n) is 5.42. The summed E-state index contributed by atoms with van der Waals surface area (Å²) in [6, 6.07) is 0.218. The molecule has 0 aromatic rings. The van der Waals surface area contributed by atoms with Gasteiger partial charge in [0.1, 0.15) is 0 Å². The van der Waals surface area contributed by atoms with Crippen LogP contribution in [-0.2, 0) is 0 Å². The van der Waals surface area contributed by atoms with Gasteiger partial charge in [-0.1, -0.05) is 43.1 Å². The van der Waals surface area contributed by atoms with Crippen molar-refractivity contribution in [2.45, 2.75) is 71.8 Å². The Balaban J connectivity index is 1.60. The van der Waals surface area contributed by atoms with Gasteiger partial charge in [-0.15, -0.1) is 0 Å². The molecule has 2 aliphatic carbocycles. The van der Waals surface area contributed by atoms with E-state index >= 15 is 0 Å². The molecule has 1 heterocycles. The summed E-state index contributed by atoms with van der Waals surface area (Å²) in [6.45, 7) is 16.1. The van der Waals surface area contributed by atoms with Crippen molar-refractivity contribution in [2.24, 2.45) is 17.1 Å². The molecular formula is C27H38N2. The van der Waals surface area contributed by atoms with E-state index in [1.165, 1.54) is 48.0 Å². The summed E-state index contributed by atoms with van der Waals surface area (Å²) >= 11 is 0. The van der Waals surface area contributed by atoms with Crippen molar-refractivity contribution in [2.75, 3.05) is 13.6 Å². The Morgan fingerprint density at radius 1 is 1.28 bits per heavy atom. The third-order valence-corrected chi connectivity index (χ3v) is 7.18. The van der Waals surface area contributed by atoms with E-state index in [1.807, 2.05) is 0 Å². The second-order valence-corrected chi connectivity index (χ2v) is 9.54. The van der Waals surface area contributed by atoms with E-state index in [9.17, 15) is 0 Å². The Bertz CT molecular complexity index is 827. The summed E-state index contributed by atoms with van der Waals surface area (Å²) in [5.74, 6) is 7.10. The van der Waals surface area contributed by atoms with E-state index in [1.54, 1.807) is 0 Å². The molecule has 0 aromatic carbocycles. The first-order valence-electron chi connectivity index (χ1n) is 11.2. The van der Waals surface area contributed by atoms with Crippen molar-refractivity contribution in [1.82, 2.24) is 4.90 Å². The quantitative estimate of drug-likeness (QED) is 0.368. The number of allylic oxidation sites excluding steroid dienone is 6. The molecule has 1 aliphatic heterocycles. The molecule has 156 valence electrons. The Morgan fingerprint density at radius 3 is 2.59 bits per heavy atom. The number of nitrogens with two attached hydrogens (primary N) is 1. The van der Waals surface area contributed by atoms with Gasteiger partial charge in [0, 0.05) is 31.6 Å². The molecule has 0 amide bonds. The summed E-state index contributed by atoms with van der Waals surface area (Å²) in [5.41, 5.74) is 14.9. The Kier molecular flexibility index (Phi) is 6.59. The van der Waals surface area contributed by atoms with Crippen LogP contribution in [0.15, 0.2) is 58.9 Å². The van der Waals surface area contributed by atoms with Gasteiger partial charge in [0.05, 0.1) is 0 Å². The number of hydrogen-bond acceptors (Lipinski definition) is 2. The zero-order valence-electron chi connectivity index (χ0n) is 18.9. The van der Waals surface area contributed by atoms with Crippen LogP contribution in [0.5, 0.6) is 0 Å². The fourth-order valence-corrected chi connectivity index (χ4v) is 5.42. The van der Waals surface area contributed by atoms with Crippen molar-refractivity contribution < 1.29 is 0 Å². The predicted octanol–water partition coefficient (Wildman–Crippen LogP) is 5.90. The highest BCUT2D eigenvalue weighted by molar-refractivity contribution is 5.48. The first kappa shape index (κ1) is 21.7. The first-order chi connectivity index (χ1) is 13.8. The summed E-state index contributed by atoms with van der Waals surface area (Å²) in [5, 5.41) is 0. The van der Waals surface area contributed by atoms with Crippen LogP contribution in [0, 0.1) is 23.2 Å². The molecule has 2 nitrogen and oxygen atoms in total. The molecule has 0 aromatic heterocycles. The zero-order chi connectivity index (χ0) is 21.2. The van der Waals surface area contributed by atoms with E-state index in [-0.39, 0.29) is 11.5 Å². The summed E-state index contributed by atoms with van der Waals surface area (Å²) in [7, 11) is 2.14. The van der Waals surface area contributed by atoms with Gasteiger partial charge in [0.2, 0.25) is 0 Å². The van der Waals surface area contributed by atoms with Crippen molar-refractivity contribution in [3.05, 3.63) is 58.9 Å². The van der Waals surface area contributed by atoms with Gasteiger partial charge < -0.3 is 10.6 Å². The molecule has 2 N–H and O–H groups in total. The van der Waals surface area contributed by atoms with Gasteiger partial charge >= 0.3 is 0 Å². The van der Waals surface area contributed by atoms with Crippen LogP contribution in [0.1, 0.15) is 65.7 Å². The smallest absolute Gasteiger partial charge is 0.0401 e. The molecule has 0 saturated heterocycles. The van der Waals surface area contributed by atoms with E-state index < -0.39 is 0 Å². The molecule has 0 bridgehead atoms. The second kappa shape index (κ2) is 8.80. The summed E-state index contributed by atoms with van der Waals surface area (Å²) in [6.07, 6.45) is 12.2. The molecular weight excluding hydrogens is 352 g/mol. The second-order valence-electron chi connectivity index (χ2n) is 9.54. The van der Waals surface area contributed by atoms with Crippen molar-refractivity contribution in [3.8, 4) is 11.8 Å². The van der Waals surface area contributed by atoms with Crippen LogP contribution in [0.3, 0.4) is 0 Å². The van der Waals surface area contributed by atoms with Crippen molar-refractivity contribution in [3.63, 3.8) is 0 Å². The van der Waals surface area contributed by atoms with Gasteiger partial charge in [0.15, 0.2) is 0 Å². The van der Waals surface area contributed by atoms with E-state index in [0.717, 1.165) is 37.0 Å². The minimum Gasteiger partial charge on any atom is -0.376 e. The highest BCUT2D eigenvalue weighted by Crippen LogP contribution is 2.53. The first-order valence-corrected chi connectivity index (χ1v) is 11.2. The van der Waals surface area contributed by atoms with E-state index in [2.05, 4.69) is 70.0 Å². The normalized spacial score (nSPS) is 28.1. The standard InChI is InChI=1S/C27H38N2/c1-7-8-9-24(19(2)3)21(5)16-20(4)22-10-13-27(14-11-22)17-23-12-15-29(6)18-25(23)26(27)28/h12,15,22,26H,4-5,7,10-11,13-14,16-18,28H2,1-3,6H3. The van der Waals surface area contributed by atoms with Crippen LogP contribution >= 0.6 is 0 Å². The molecule has 1 unspecified atom stereocenters. The number of rotatable bonds is 4. The van der Waals surface area contributed by atoms with Crippen LogP contribution in [-0.4, -0.2) is 24.5 Å². The van der Waals surface area contributed by atoms with Gasteiger partial charge in [-0.3, -0.25) is 0 Å². The fraction of sp³-hybridized carbons (Fsp3) is 0.556. The molecule has 0 radical (unpaired) electrons. The van der Waals surface area contributed by atoms with E-state index in [0.29, 0.717) is 5.92 Å². The van der Waals surface area contributed by atoms with Gasteiger partial charge in [0.25, 0.3) is 0 Å². The average molecular weight is 391 g/mol. The lowest BCUT2D eigenvalue weighted by Crippen LogP contribution is -2.43. The lowest BCUT2D eigenvalue weighted by atomic mass is 9.64. The average Bonchev–Trinajstić information content (AvgIpc) is 2.94. The minimum atomic E-state index is 0.218. The Morgan fingerprint density at radius 2 is 1.97 bits per heavy atom. The van der Waals surface area contributed by atoms with Gasteiger partial charge in [-0.25, -0.2) is 0 Å². The third-order valence-electron chi connectivity index (χ3n) is 7.18. The third kappa shape index (κ3) is 4.46. The van der Waals surface area contributed by atoms with Crippen LogP contribution in [0.2, 0.25) is 0 Å². The highest BCUT2D eigenvalue weighted by Gasteiger charge is 2.47. The number of nitrogens with zero attached hydrogens (tertiary/aromatic N) is 1. The Hall–Kier alpha value is -1.98. The van der Waals surface area contributed by atoms with Crippen molar-refractivity contribution >= 4 is 0 Å². The minimum absolute atomic E-state index is 0.218. The van der Waals surface area contributed by atoms with Gasteiger partial charge in [-0.05, 0) is 92.7 Å². The monoisotopic (exact) mass is 390 g/mol. The zero-order valence-corrected chi connectivity index (χ0v) is 18.9. The SMILES string of the molecule is C=C(CC(=C)C1CCC2(CC1)CC1=C(CN(C)C=C1)C2N)C(C#CCC)=C(C)C. The molecule has 3 rings (SSSR count). The highest BCUT2D eigenvalue weighted by atomic mass is 15.1. The maximum atomic E-state index is 6.81. The maximum Gasteiger partial charge on any atom is 0.0401 e. The molecule has 1 spiro atoms. The Labute approximate surface area is 178 Å². The van der Waals surface area contributed by atoms with Crippen LogP contribution in [0.25, 0.3) is 0 Å². The van der Waals surface area contributed by atoms with E-state index in [4.69, 9.17) is 5.73 Å². The van der Waals surface area contributed by atoms with Crippen LogP contribution < -0.4 is 5.73 Å². The van der Waals surface area contributed by atoms with Crippen LogP contribution in [0.4, 0.5) is 0 Å². The summed E-state index contributed by atoms with van der Waals surface area (Å²) < 4.78 is 0. The summed E-state index contributed by atoms with van der Waals surface area (Å²) in [4.78, 5) is 2.25. The molecule has 29 heavy (non-hydrogen) atoms. The van der Waals surface area contributed by atoms with Crippen molar-refractivity contribution in [1.29, 1.82) is 0 Å². The maximum absolute atomic E-state index is 6.81. The molecule has 1 fully saturated rings. The molecule has 2 heteroatoms. The lowest BCUT2D eigenvalue weighted by molar-refractivity contribution is 0.150. The molecule has 3 aliphatic rings. The number of hydrogen-bond donors (Lipinski definition) is 1. The number of likely N-dealkylation sites (N-methyl/N-ethyl adjacent to an activating group) is 1. The predicted molar refractivity (Wildman–Crippen MR) is 125 cm³/mol. The van der Waals surface area contributed by atoms with Gasteiger partial charge in [-0.2, -0.15) is 0 Å². The lowest BCUT2D eigenvalue weighted by Gasteiger charge is -2.42. The largest absolute Gasteiger partial charge is 0.376 e.